The number of nitrogens with one attached hydrogen (secondary N) is 6. The van der Waals surface area contributed by atoms with Crippen molar-refractivity contribution in [3.63, 3.8) is 0 Å². The first-order valence-corrected chi connectivity index (χ1v) is 28.7. The van der Waals surface area contributed by atoms with Crippen LogP contribution in [0.1, 0.15) is 121 Å². The molecule has 11 atom stereocenters. The molecule has 28 nitrogen and oxygen atoms in total. The number of anilines is 1. The first-order chi connectivity index (χ1) is 41.4. The minimum atomic E-state index is -2.39. The zero-order valence-electron chi connectivity index (χ0n) is 49.1. The summed E-state index contributed by atoms with van der Waals surface area (Å²) in [6.07, 6.45) is -6.61. The molecule has 0 aromatic heterocycles. The number of aliphatic hydroxyl groups is 1. The first-order valence-electron chi connectivity index (χ1n) is 28.7. The van der Waals surface area contributed by atoms with Crippen LogP contribution in [0.25, 0.3) is 0 Å². The Bertz CT molecular complexity index is 3220. The van der Waals surface area contributed by atoms with E-state index in [0.717, 1.165) is 4.90 Å². The van der Waals surface area contributed by atoms with E-state index in [4.69, 9.17) is 33.2 Å². The molecule has 2 aliphatic carbocycles. The molecule has 0 bridgehead atoms. The van der Waals surface area contributed by atoms with Crippen molar-refractivity contribution in [3.8, 4) is 17.2 Å². The van der Waals surface area contributed by atoms with Gasteiger partial charge in [-0.2, -0.15) is 0 Å². The molecule has 0 saturated carbocycles. The number of imide groups is 1. The average Bonchev–Trinajstić information content (AvgIpc) is 1.26. The quantitative estimate of drug-likeness (QED) is 0.0317. The summed E-state index contributed by atoms with van der Waals surface area (Å²) in [6, 6.07) is 7.12. The van der Waals surface area contributed by atoms with Gasteiger partial charge < -0.3 is 80.4 Å². The molecule has 6 aliphatic rings. The summed E-state index contributed by atoms with van der Waals surface area (Å²) in [7, 11) is 2.83. The summed E-state index contributed by atoms with van der Waals surface area (Å²) in [5.74, 6) is -7.44. The number of aromatic hydroxyl groups is 2. The lowest BCUT2D eigenvalue weighted by Crippen LogP contribution is -2.55. The molecule has 4 aliphatic heterocycles. The number of alkyl carbamates (subject to hydrolysis) is 1. The summed E-state index contributed by atoms with van der Waals surface area (Å²) < 4.78 is 41.3. The highest BCUT2D eigenvalue weighted by molar-refractivity contribution is 6.31. The van der Waals surface area contributed by atoms with Gasteiger partial charge in [-0.1, -0.05) is 38.1 Å². The number of nitrogens with zero attached hydrogens (tertiary/aromatic N) is 2. The number of fused-ring (bicyclic) bond motifs is 6. The average molecular weight is 1210 g/mol. The molecule has 87 heavy (non-hydrogen) atoms. The van der Waals surface area contributed by atoms with E-state index in [1.54, 1.807) is 32.9 Å². The maximum absolute atomic E-state index is 14.3. The van der Waals surface area contributed by atoms with Crippen LogP contribution < -0.4 is 36.6 Å². The molecule has 8 amide bonds. The molecule has 4 heterocycles. The van der Waals surface area contributed by atoms with Crippen molar-refractivity contribution in [2.45, 2.75) is 147 Å². The number of rotatable bonds is 21. The van der Waals surface area contributed by atoms with E-state index in [-0.39, 0.29) is 104 Å². The lowest BCUT2D eigenvalue weighted by Gasteiger charge is -2.43. The largest absolute Gasteiger partial charge is 0.507 e. The second-order valence-electron chi connectivity index (χ2n) is 22.6. The predicted molar refractivity (Wildman–Crippen MR) is 300 cm³/mol. The van der Waals surface area contributed by atoms with Gasteiger partial charge in [0.05, 0.1) is 42.6 Å². The molecule has 3 aromatic rings. The molecule has 468 valence electrons. The Morgan fingerprint density at radius 1 is 0.805 bits per heavy atom. The SMILES string of the molecule is COc1cccc2c1C(=O)c1c(O)c3c(c(O)c1C2=O)C[C@@](O)(C(=O)NCCNC(=O)[C@@H](C)NC(=O)OCc1ccc(NC(=O)[C@H](C)NC(=O)[C@@H](NC(=O)CCN2C(=O)CCC2=O)C(C)C)cc1)C[C@@H]3O[C@H]1C[C@H]2[C@H](O[C@@H]3[C@@H](OC)OCCN32)[C@H](C)O1. The zero-order chi connectivity index (χ0) is 62.8. The number of ketones is 2. The van der Waals surface area contributed by atoms with E-state index in [1.807, 2.05) is 0 Å². The van der Waals surface area contributed by atoms with Crippen LogP contribution >= 0.6 is 0 Å². The van der Waals surface area contributed by atoms with Crippen molar-refractivity contribution in [3.05, 3.63) is 81.4 Å². The molecular formula is C59H72N8O20. The number of phenolic OH excluding ortho intramolecular Hbond substituents is 2. The third kappa shape index (κ3) is 13.3. The third-order valence-corrected chi connectivity index (χ3v) is 16.4. The molecular weight excluding hydrogens is 1140 g/mol. The van der Waals surface area contributed by atoms with E-state index in [0.29, 0.717) is 24.4 Å². The summed E-state index contributed by atoms with van der Waals surface area (Å²) in [5, 5.41) is 52.0. The monoisotopic (exact) mass is 1210 g/mol. The van der Waals surface area contributed by atoms with Gasteiger partial charge in [0.2, 0.25) is 41.2 Å². The van der Waals surface area contributed by atoms with E-state index >= 15 is 0 Å². The van der Waals surface area contributed by atoms with Gasteiger partial charge in [0.15, 0.2) is 24.6 Å². The van der Waals surface area contributed by atoms with Crippen LogP contribution in [-0.2, 0) is 75.0 Å². The molecule has 0 unspecified atom stereocenters. The van der Waals surface area contributed by atoms with E-state index < -0.39 is 144 Å². The summed E-state index contributed by atoms with van der Waals surface area (Å²) in [6.45, 7) is 8.15. The Hall–Kier alpha value is -8.12. The Balaban J connectivity index is 0.767. The number of likely N-dealkylation sites (tertiary alicyclic amines) is 1. The Morgan fingerprint density at radius 2 is 1.49 bits per heavy atom. The van der Waals surface area contributed by atoms with Crippen molar-refractivity contribution in [1.29, 1.82) is 0 Å². The molecule has 28 heteroatoms. The fourth-order valence-electron chi connectivity index (χ4n) is 11.8. The molecule has 0 spiro atoms. The molecule has 4 saturated heterocycles. The minimum Gasteiger partial charge on any atom is -0.507 e. The lowest BCUT2D eigenvalue weighted by atomic mass is 9.72. The minimum absolute atomic E-state index is 0.0600. The number of hydrogen-bond acceptors (Lipinski definition) is 21. The normalized spacial score (nSPS) is 24.9. The Morgan fingerprint density at radius 3 is 2.18 bits per heavy atom. The van der Waals surface area contributed by atoms with Gasteiger partial charge in [0.25, 0.3) is 5.91 Å². The third-order valence-electron chi connectivity index (χ3n) is 16.4. The van der Waals surface area contributed by atoms with Crippen LogP contribution in [0.2, 0.25) is 0 Å². The summed E-state index contributed by atoms with van der Waals surface area (Å²) in [5.41, 5.74) is -3.14. The smallest absolute Gasteiger partial charge is 0.408 e. The highest BCUT2D eigenvalue weighted by atomic mass is 16.7. The predicted octanol–water partition coefficient (Wildman–Crippen LogP) is 0.820. The van der Waals surface area contributed by atoms with Gasteiger partial charge in [-0.15, -0.1) is 0 Å². The standard InChI is InChI=1S/C59H72N8O20/c1-27(2)46(65-38(68)17-20-67-39(69)15-16-40(67)70)54(77)62-29(4)53(76)64-32-13-11-31(12-14-32)26-84-58(79)63-28(3)52(75)60-18-19-61-57(78)59(80)24-34-43(50(74)45-44(48(34)72)47(71)33-9-8-10-36(81-6)42(33)49(45)73)37(25-59)86-41-23-35-51(30(5)85-41)87-55-56(82-7)83-22-21-66(35)55/h8-14,27-30,35,37,41,46,51,55-56,72,74,80H,15-26H2,1-7H3,(H,60,75)(H,61,78)(H,62,77)(H,63,79)(H,64,76)(H,65,68)/t28-,29+,30+,35+,37+,41+,46+,51-,55-,56+,59+/m1/s1. The molecule has 0 radical (unpaired) electrons. The fourth-order valence-corrected chi connectivity index (χ4v) is 11.8. The summed E-state index contributed by atoms with van der Waals surface area (Å²) in [4.78, 5) is 134. The van der Waals surface area contributed by atoms with E-state index in [9.17, 15) is 63.3 Å². The number of methoxy groups -OCH3 is 2. The lowest BCUT2D eigenvalue weighted by molar-refractivity contribution is -0.256. The second kappa shape index (κ2) is 26.5. The maximum Gasteiger partial charge on any atom is 0.408 e. The van der Waals surface area contributed by atoms with Crippen LogP contribution in [0.3, 0.4) is 0 Å². The van der Waals surface area contributed by atoms with Gasteiger partial charge in [-0.25, -0.2) is 4.79 Å². The van der Waals surface area contributed by atoms with Crippen LogP contribution in [0.5, 0.6) is 17.2 Å². The number of morpholine rings is 1. The molecule has 4 fully saturated rings. The maximum atomic E-state index is 14.3. The highest BCUT2D eigenvalue weighted by Crippen LogP contribution is 2.53. The zero-order valence-corrected chi connectivity index (χ0v) is 49.1. The van der Waals surface area contributed by atoms with Crippen molar-refractivity contribution >= 4 is 64.7 Å². The van der Waals surface area contributed by atoms with Crippen molar-refractivity contribution in [2.75, 3.05) is 52.3 Å². The number of carbonyl (C=O) groups excluding carboxylic acids is 10. The van der Waals surface area contributed by atoms with Gasteiger partial charge >= 0.3 is 6.09 Å². The molecule has 3 aromatic carbocycles. The highest BCUT2D eigenvalue weighted by Gasteiger charge is 2.55. The van der Waals surface area contributed by atoms with Crippen molar-refractivity contribution in [1.82, 2.24) is 36.4 Å². The Labute approximate surface area is 499 Å². The van der Waals surface area contributed by atoms with Crippen LogP contribution in [0.4, 0.5) is 10.5 Å². The van der Waals surface area contributed by atoms with E-state index in [2.05, 4.69) is 36.8 Å². The fraction of sp³-hybridized carbons (Fsp3) is 0.525. The van der Waals surface area contributed by atoms with Gasteiger partial charge in [0, 0.05) is 100 Å². The number of amides is 8. The molecule has 9 rings (SSSR count). The molecule has 9 N–H and O–H groups in total. The number of hydrogen-bond donors (Lipinski definition) is 9. The van der Waals surface area contributed by atoms with Crippen LogP contribution in [0, 0.1) is 5.92 Å². The number of carbonyl (C=O) groups is 10. The summed E-state index contributed by atoms with van der Waals surface area (Å²) >= 11 is 0. The van der Waals surface area contributed by atoms with Crippen LogP contribution in [0.15, 0.2) is 42.5 Å². The number of ether oxygens (including phenoxy) is 7. The van der Waals surface area contributed by atoms with Gasteiger partial charge in [0.1, 0.15) is 53.7 Å². The topological polar surface area (TPSA) is 375 Å². The van der Waals surface area contributed by atoms with Crippen LogP contribution in [-0.4, -0.2) is 192 Å². The van der Waals surface area contributed by atoms with E-state index in [1.165, 1.54) is 58.4 Å². The van der Waals surface area contributed by atoms with Crippen molar-refractivity contribution < 1.29 is 96.4 Å². The Kier molecular flexibility index (Phi) is 19.3. The van der Waals surface area contributed by atoms with Crippen molar-refractivity contribution in [2.24, 2.45) is 5.92 Å². The van der Waals surface area contributed by atoms with Gasteiger partial charge in [-0.3, -0.25) is 53.0 Å². The number of benzene rings is 3. The first kappa shape index (κ1) is 63.4. The number of phenols is 2. The second-order valence-corrected chi connectivity index (χ2v) is 22.6. The van der Waals surface area contributed by atoms with Gasteiger partial charge in [-0.05, 0) is 50.5 Å².